The van der Waals surface area contributed by atoms with Gasteiger partial charge in [-0.2, -0.15) is 0 Å². The molecule has 0 aromatic heterocycles. The van der Waals surface area contributed by atoms with Crippen molar-refractivity contribution in [2.75, 3.05) is 25.8 Å². The van der Waals surface area contributed by atoms with Crippen LogP contribution in [0.1, 0.15) is 64.7 Å². The van der Waals surface area contributed by atoms with Crippen molar-refractivity contribution in [3.05, 3.63) is 76.8 Å². The number of nitrogens with one attached hydrogen (secondary N) is 1. The number of hydrogen-bond acceptors (Lipinski definition) is 12. The molecule has 3 N–H and O–H groups in total. The van der Waals surface area contributed by atoms with Gasteiger partial charge in [-0.1, -0.05) is 74.8 Å². The number of ether oxygens (including phenoxy) is 5. The molecule has 1 aliphatic rings. The fourth-order valence-electron chi connectivity index (χ4n) is 5.29. The van der Waals surface area contributed by atoms with Crippen LogP contribution in [0.3, 0.4) is 0 Å². The summed E-state index contributed by atoms with van der Waals surface area (Å²) in [6.45, 7) is 8.92. The van der Waals surface area contributed by atoms with Crippen LogP contribution in [-0.4, -0.2) is 82.4 Å². The summed E-state index contributed by atoms with van der Waals surface area (Å²) in [7, 11) is -2.20. The topological polar surface area (TPSA) is 190 Å². The number of carbonyl (C=O) groups excluding carboxylic acids is 4. The van der Waals surface area contributed by atoms with Gasteiger partial charge in [-0.3, -0.25) is 9.59 Å². The lowest BCUT2D eigenvalue weighted by atomic mass is 9.93. The van der Waals surface area contributed by atoms with E-state index in [4.69, 9.17) is 41.0 Å². The summed E-state index contributed by atoms with van der Waals surface area (Å²) >= 11 is 6.25. The first-order valence-electron chi connectivity index (χ1n) is 17.3. The Morgan fingerprint density at radius 3 is 2.30 bits per heavy atom. The summed E-state index contributed by atoms with van der Waals surface area (Å²) in [5.41, 5.74) is 6.26. The van der Waals surface area contributed by atoms with E-state index in [2.05, 4.69) is 5.32 Å². The molecule has 0 radical (unpaired) electrons. The lowest BCUT2D eigenvalue weighted by molar-refractivity contribution is -0.179. The highest BCUT2D eigenvalue weighted by molar-refractivity contribution is 7.90. The standard InChI is InChI=1S/C38H51ClN2O11S/c1-23(2)18-31(51-37(45)38(4,5)21-40)36(44)50-29(24(3)33-34(52-33)26-12-9-8-10-13-26)14-11-15-32(42)41-28(35(43)49-22-53(7,46)47)20-25-16-17-30(48-6)27(39)19-25/h8-13,15-17,19,23-24,28-29,31,33-34H,14,18,20-22,40H2,1-7H3,(H,41,42)/b15-11+/t24-,28+,29-,31-,33+,34+/m0/s1. The highest BCUT2D eigenvalue weighted by atomic mass is 35.5. The van der Waals surface area contributed by atoms with E-state index in [1.165, 1.54) is 19.3 Å². The van der Waals surface area contributed by atoms with E-state index >= 15 is 0 Å². The van der Waals surface area contributed by atoms with Crippen LogP contribution in [0.4, 0.5) is 0 Å². The van der Waals surface area contributed by atoms with Crippen LogP contribution in [-0.2, 0) is 54.4 Å². The van der Waals surface area contributed by atoms with Crippen molar-refractivity contribution in [3.8, 4) is 5.75 Å². The molecule has 0 unspecified atom stereocenters. The smallest absolute Gasteiger partial charge is 0.347 e. The summed E-state index contributed by atoms with van der Waals surface area (Å²) in [4.78, 5) is 52.7. The van der Waals surface area contributed by atoms with Gasteiger partial charge < -0.3 is 34.7 Å². The van der Waals surface area contributed by atoms with Crippen LogP contribution in [0.15, 0.2) is 60.7 Å². The first-order valence-corrected chi connectivity index (χ1v) is 19.7. The van der Waals surface area contributed by atoms with Crippen LogP contribution < -0.4 is 15.8 Å². The number of halogens is 1. The molecule has 0 spiro atoms. The summed E-state index contributed by atoms with van der Waals surface area (Å²) in [5.74, 6) is -3.85. The van der Waals surface area contributed by atoms with Crippen molar-refractivity contribution in [1.82, 2.24) is 5.32 Å². The molecular formula is C38H51ClN2O11S. The third kappa shape index (κ3) is 13.7. The van der Waals surface area contributed by atoms with E-state index in [9.17, 15) is 27.6 Å². The number of hydrogen-bond donors (Lipinski definition) is 2. The molecule has 0 aliphatic carbocycles. The molecule has 1 aliphatic heterocycles. The number of amides is 1. The highest BCUT2D eigenvalue weighted by Crippen LogP contribution is 2.45. The van der Waals surface area contributed by atoms with Gasteiger partial charge in [0, 0.05) is 31.6 Å². The number of benzene rings is 2. The van der Waals surface area contributed by atoms with E-state index in [1.807, 2.05) is 51.1 Å². The maximum atomic E-state index is 13.6. The molecule has 2 aromatic carbocycles. The maximum absolute atomic E-state index is 13.6. The summed E-state index contributed by atoms with van der Waals surface area (Å²) < 4.78 is 51.2. The third-order valence-electron chi connectivity index (χ3n) is 8.60. The van der Waals surface area contributed by atoms with Crippen LogP contribution in [0.5, 0.6) is 5.75 Å². The van der Waals surface area contributed by atoms with Gasteiger partial charge in [0.1, 0.15) is 24.0 Å². The minimum absolute atomic E-state index is 0.0129. The summed E-state index contributed by atoms with van der Waals surface area (Å²) in [5, 5.41) is 2.84. The predicted molar refractivity (Wildman–Crippen MR) is 198 cm³/mol. The minimum Gasteiger partial charge on any atom is -0.495 e. The van der Waals surface area contributed by atoms with Gasteiger partial charge in [-0.05, 0) is 55.5 Å². The van der Waals surface area contributed by atoms with E-state index < -0.39 is 63.3 Å². The van der Waals surface area contributed by atoms with Gasteiger partial charge >= 0.3 is 17.9 Å². The Kier molecular flexibility index (Phi) is 15.9. The maximum Gasteiger partial charge on any atom is 0.347 e. The number of epoxide rings is 1. The lowest BCUT2D eigenvalue weighted by Crippen LogP contribution is -2.43. The van der Waals surface area contributed by atoms with Crippen LogP contribution >= 0.6 is 11.6 Å². The molecule has 1 fully saturated rings. The monoisotopic (exact) mass is 778 g/mol. The quantitative estimate of drug-likeness (QED) is 0.0830. The lowest BCUT2D eigenvalue weighted by Gasteiger charge is -2.28. The number of nitrogens with two attached hydrogens (primary N) is 1. The summed E-state index contributed by atoms with van der Waals surface area (Å²) in [6, 6.07) is 13.1. The Balaban J connectivity index is 1.81. The van der Waals surface area contributed by atoms with Gasteiger partial charge in [0.2, 0.25) is 5.91 Å². The second-order valence-corrected chi connectivity index (χ2v) is 16.8. The Morgan fingerprint density at radius 1 is 1.04 bits per heavy atom. The second-order valence-electron chi connectivity index (χ2n) is 14.3. The zero-order chi connectivity index (χ0) is 39.5. The number of esters is 3. The Morgan fingerprint density at radius 2 is 1.72 bits per heavy atom. The van der Waals surface area contributed by atoms with Crippen molar-refractivity contribution in [3.63, 3.8) is 0 Å². The molecule has 53 heavy (non-hydrogen) atoms. The van der Waals surface area contributed by atoms with Gasteiger partial charge in [0.25, 0.3) is 0 Å². The predicted octanol–water partition coefficient (Wildman–Crippen LogP) is 4.50. The first-order chi connectivity index (χ1) is 24.8. The molecule has 1 amide bonds. The van der Waals surface area contributed by atoms with Crippen molar-refractivity contribution in [2.45, 2.75) is 84.3 Å². The molecule has 0 saturated carbocycles. The first kappa shape index (κ1) is 43.4. The molecule has 1 saturated heterocycles. The fourth-order valence-corrected chi connectivity index (χ4v) is 5.91. The van der Waals surface area contributed by atoms with Crippen LogP contribution in [0.25, 0.3) is 0 Å². The molecule has 2 aromatic rings. The van der Waals surface area contributed by atoms with Crippen molar-refractivity contribution < 1.29 is 51.3 Å². The van der Waals surface area contributed by atoms with E-state index in [1.54, 1.807) is 32.0 Å². The average molecular weight is 779 g/mol. The molecule has 292 valence electrons. The average Bonchev–Trinajstić information content (AvgIpc) is 3.90. The number of carbonyl (C=O) groups is 4. The molecule has 3 rings (SSSR count). The highest BCUT2D eigenvalue weighted by Gasteiger charge is 2.47. The van der Waals surface area contributed by atoms with E-state index in [0.717, 1.165) is 11.8 Å². The molecule has 0 bridgehead atoms. The van der Waals surface area contributed by atoms with Gasteiger partial charge in [0.05, 0.1) is 23.7 Å². The van der Waals surface area contributed by atoms with Crippen LogP contribution in [0, 0.1) is 17.3 Å². The molecule has 1 heterocycles. The second kappa shape index (κ2) is 19.4. The van der Waals surface area contributed by atoms with Crippen LogP contribution in [0.2, 0.25) is 5.02 Å². The number of sulfone groups is 1. The molecule has 13 nitrogen and oxygen atoms in total. The summed E-state index contributed by atoms with van der Waals surface area (Å²) in [6.07, 6.45) is 1.28. The molecule has 6 atom stereocenters. The Hall–Kier alpha value is -3.98. The van der Waals surface area contributed by atoms with Crippen molar-refractivity contribution >= 4 is 45.3 Å². The largest absolute Gasteiger partial charge is 0.495 e. The number of methoxy groups -OCH3 is 1. The van der Waals surface area contributed by atoms with Gasteiger partial charge in [0.15, 0.2) is 21.9 Å². The Bertz CT molecular complexity index is 1720. The normalized spacial score (nSPS) is 18.1. The minimum atomic E-state index is -3.66. The fraction of sp³-hybridized carbons (Fsp3) is 0.526. The van der Waals surface area contributed by atoms with E-state index in [-0.39, 0.29) is 54.9 Å². The van der Waals surface area contributed by atoms with Crippen molar-refractivity contribution in [1.29, 1.82) is 0 Å². The number of rotatable bonds is 20. The zero-order valence-electron chi connectivity index (χ0n) is 31.2. The van der Waals surface area contributed by atoms with E-state index in [0.29, 0.717) is 11.3 Å². The zero-order valence-corrected chi connectivity index (χ0v) is 32.8. The van der Waals surface area contributed by atoms with Gasteiger partial charge in [-0.15, -0.1) is 0 Å². The Labute approximate surface area is 316 Å². The SMILES string of the molecule is COc1ccc(C[C@@H](NC(=O)/C=C/C[C@H](OC(=O)[C@H](CC(C)C)OC(=O)C(C)(C)CN)[C@H](C)[C@H]2O[C@@H]2c2ccccc2)C(=O)OCS(C)(=O)=O)cc1Cl. The third-order valence-corrected chi connectivity index (χ3v) is 9.44. The van der Waals surface area contributed by atoms with Crippen molar-refractivity contribution in [2.24, 2.45) is 23.0 Å². The molecular weight excluding hydrogens is 728 g/mol. The van der Waals surface area contributed by atoms with Gasteiger partial charge in [-0.25, -0.2) is 18.0 Å². The molecule has 15 heteroatoms.